The van der Waals surface area contributed by atoms with Crippen LogP contribution in [0.1, 0.15) is 12.8 Å². The van der Waals surface area contributed by atoms with Crippen LogP contribution >= 0.6 is 0 Å². The molecule has 0 radical (unpaired) electrons. The molecule has 0 saturated carbocycles. The van der Waals surface area contributed by atoms with E-state index in [2.05, 4.69) is 23.7 Å². The molecule has 11 heavy (non-hydrogen) atoms. The number of aliphatic imine (C=N–C) groups is 1. The van der Waals surface area contributed by atoms with Crippen molar-refractivity contribution in [3.63, 3.8) is 0 Å². The van der Waals surface area contributed by atoms with Gasteiger partial charge in [-0.3, -0.25) is 0 Å². The third kappa shape index (κ3) is 7.49. The summed E-state index contributed by atoms with van der Waals surface area (Å²) < 4.78 is 0. The Morgan fingerprint density at radius 3 is 2.55 bits per heavy atom. The van der Waals surface area contributed by atoms with Gasteiger partial charge in [0.2, 0.25) is 0 Å². The molecule has 0 bridgehead atoms. The number of nitrogens with zero attached hydrogens (tertiary/aromatic N) is 2. The zero-order chi connectivity index (χ0) is 8.53. The van der Waals surface area contributed by atoms with Gasteiger partial charge in [0.15, 0.2) is 0 Å². The SMILES string of the molecule is C=NCCCN(C)CCCN. The Labute approximate surface area is 69.3 Å². The number of hydrogen-bond donors (Lipinski definition) is 1. The van der Waals surface area contributed by atoms with E-state index in [9.17, 15) is 0 Å². The standard InChI is InChI=1S/C8H19N3/c1-10-6-4-8-11(2)7-3-5-9/h1,3-9H2,2H3. The van der Waals surface area contributed by atoms with Gasteiger partial charge in [0.05, 0.1) is 0 Å². The fourth-order valence-electron chi connectivity index (χ4n) is 0.925. The predicted octanol–water partition coefficient (Wildman–Crippen LogP) is 0.358. The molecule has 3 nitrogen and oxygen atoms in total. The summed E-state index contributed by atoms with van der Waals surface area (Å²) in [6.45, 7) is 7.27. The Balaban J connectivity index is 3.08. The minimum absolute atomic E-state index is 0.782. The monoisotopic (exact) mass is 157 g/mol. The van der Waals surface area contributed by atoms with E-state index in [1.165, 1.54) is 0 Å². The van der Waals surface area contributed by atoms with Gasteiger partial charge in [0.25, 0.3) is 0 Å². The number of hydrogen-bond acceptors (Lipinski definition) is 3. The van der Waals surface area contributed by atoms with Crippen molar-refractivity contribution in [2.45, 2.75) is 12.8 Å². The third-order valence-corrected chi connectivity index (χ3v) is 1.60. The molecule has 2 N–H and O–H groups in total. The highest BCUT2D eigenvalue weighted by molar-refractivity contribution is 5.22. The lowest BCUT2D eigenvalue weighted by atomic mass is 10.3. The van der Waals surface area contributed by atoms with Crippen molar-refractivity contribution >= 4 is 6.72 Å². The molecule has 0 aliphatic rings. The van der Waals surface area contributed by atoms with Crippen molar-refractivity contribution in [3.8, 4) is 0 Å². The van der Waals surface area contributed by atoms with Gasteiger partial charge in [-0.2, -0.15) is 0 Å². The molecule has 0 aliphatic heterocycles. The molecule has 0 amide bonds. The molecule has 66 valence electrons. The zero-order valence-electron chi connectivity index (χ0n) is 7.42. The first-order valence-electron chi connectivity index (χ1n) is 4.12. The summed E-state index contributed by atoms with van der Waals surface area (Å²) in [7, 11) is 2.11. The summed E-state index contributed by atoms with van der Waals surface area (Å²) in [6.07, 6.45) is 2.18. The van der Waals surface area contributed by atoms with Crippen LogP contribution in [0.4, 0.5) is 0 Å². The summed E-state index contributed by atoms with van der Waals surface area (Å²) in [5, 5.41) is 0. The summed E-state index contributed by atoms with van der Waals surface area (Å²) in [5.74, 6) is 0. The minimum Gasteiger partial charge on any atom is -0.330 e. The van der Waals surface area contributed by atoms with E-state index in [1.54, 1.807) is 0 Å². The van der Waals surface area contributed by atoms with Crippen molar-refractivity contribution in [2.24, 2.45) is 10.7 Å². The van der Waals surface area contributed by atoms with Crippen molar-refractivity contribution in [1.29, 1.82) is 0 Å². The number of rotatable bonds is 7. The average molecular weight is 157 g/mol. The van der Waals surface area contributed by atoms with Crippen LogP contribution in [-0.4, -0.2) is 44.8 Å². The number of nitrogens with two attached hydrogens (primary N) is 1. The molecule has 0 aliphatic carbocycles. The maximum atomic E-state index is 5.38. The van der Waals surface area contributed by atoms with Crippen LogP contribution in [0.3, 0.4) is 0 Å². The van der Waals surface area contributed by atoms with Crippen LogP contribution in [0.2, 0.25) is 0 Å². The van der Waals surface area contributed by atoms with Crippen LogP contribution in [0.25, 0.3) is 0 Å². The molecule has 3 heteroatoms. The molecule has 0 aromatic rings. The second-order valence-electron chi connectivity index (χ2n) is 2.75. The molecule has 0 saturated heterocycles. The van der Waals surface area contributed by atoms with Crippen molar-refractivity contribution in [2.75, 3.05) is 33.2 Å². The summed E-state index contributed by atoms with van der Waals surface area (Å²) in [6, 6.07) is 0. The predicted molar refractivity (Wildman–Crippen MR) is 50.2 cm³/mol. The largest absolute Gasteiger partial charge is 0.330 e. The van der Waals surface area contributed by atoms with Gasteiger partial charge in [0.1, 0.15) is 0 Å². The summed E-state index contributed by atoms with van der Waals surface area (Å²) >= 11 is 0. The Bertz CT molecular complexity index is 93.3. The normalized spacial score (nSPS) is 10.5. The Morgan fingerprint density at radius 2 is 2.00 bits per heavy atom. The van der Waals surface area contributed by atoms with Crippen molar-refractivity contribution < 1.29 is 0 Å². The molecular formula is C8H19N3. The van der Waals surface area contributed by atoms with E-state index in [-0.39, 0.29) is 0 Å². The Morgan fingerprint density at radius 1 is 1.36 bits per heavy atom. The second kappa shape index (κ2) is 7.69. The fraction of sp³-hybridized carbons (Fsp3) is 0.875. The van der Waals surface area contributed by atoms with E-state index in [1.807, 2.05) is 0 Å². The highest BCUT2D eigenvalue weighted by Gasteiger charge is 1.94. The van der Waals surface area contributed by atoms with Crippen molar-refractivity contribution in [3.05, 3.63) is 0 Å². The van der Waals surface area contributed by atoms with Gasteiger partial charge in [-0.05, 0) is 46.2 Å². The first-order chi connectivity index (χ1) is 5.31. The lowest BCUT2D eigenvalue weighted by molar-refractivity contribution is 0.329. The maximum absolute atomic E-state index is 5.38. The molecule has 0 aromatic carbocycles. The molecule has 0 spiro atoms. The van der Waals surface area contributed by atoms with E-state index >= 15 is 0 Å². The van der Waals surface area contributed by atoms with Crippen molar-refractivity contribution in [1.82, 2.24) is 4.90 Å². The van der Waals surface area contributed by atoms with Crippen LogP contribution in [-0.2, 0) is 0 Å². The van der Waals surface area contributed by atoms with Gasteiger partial charge in [-0.25, -0.2) is 0 Å². The molecule has 0 rings (SSSR count). The Hall–Kier alpha value is -0.410. The van der Waals surface area contributed by atoms with Crippen LogP contribution in [0.5, 0.6) is 0 Å². The van der Waals surface area contributed by atoms with Gasteiger partial charge < -0.3 is 15.6 Å². The first kappa shape index (κ1) is 10.6. The quantitative estimate of drug-likeness (QED) is 0.428. The van der Waals surface area contributed by atoms with Gasteiger partial charge in [-0.1, -0.05) is 0 Å². The second-order valence-corrected chi connectivity index (χ2v) is 2.75. The van der Waals surface area contributed by atoms with Crippen LogP contribution in [0, 0.1) is 0 Å². The lowest BCUT2D eigenvalue weighted by Crippen LogP contribution is -2.23. The molecule has 0 fully saturated rings. The fourth-order valence-corrected chi connectivity index (χ4v) is 0.925. The van der Waals surface area contributed by atoms with Gasteiger partial charge in [-0.15, -0.1) is 0 Å². The molecule has 0 unspecified atom stereocenters. The smallest absolute Gasteiger partial charge is 0.0394 e. The first-order valence-corrected chi connectivity index (χ1v) is 4.12. The van der Waals surface area contributed by atoms with Gasteiger partial charge >= 0.3 is 0 Å². The third-order valence-electron chi connectivity index (χ3n) is 1.60. The Kier molecular flexibility index (Phi) is 7.41. The molecule has 0 aromatic heterocycles. The highest BCUT2D eigenvalue weighted by Crippen LogP contribution is 1.89. The topological polar surface area (TPSA) is 41.6 Å². The molecule has 0 atom stereocenters. The average Bonchev–Trinajstić information content (AvgIpc) is 2.01. The van der Waals surface area contributed by atoms with Crippen LogP contribution < -0.4 is 5.73 Å². The zero-order valence-corrected chi connectivity index (χ0v) is 7.42. The van der Waals surface area contributed by atoms with Gasteiger partial charge in [0, 0.05) is 6.54 Å². The summed E-state index contributed by atoms with van der Waals surface area (Å²) in [4.78, 5) is 6.06. The van der Waals surface area contributed by atoms with E-state index in [0.717, 1.165) is 39.0 Å². The summed E-state index contributed by atoms with van der Waals surface area (Å²) in [5.41, 5.74) is 5.38. The lowest BCUT2D eigenvalue weighted by Gasteiger charge is -2.14. The van der Waals surface area contributed by atoms with E-state index < -0.39 is 0 Å². The van der Waals surface area contributed by atoms with E-state index in [4.69, 9.17) is 5.73 Å². The van der Waals surface area contributed by atoms with E-state index in [0.29, 0.717) is 0 Å². The minimum atomic E-state index is 0.782. The highest BCUT2D eigenvalue weighted by atomic mass is 15.1. The molecule has 0 heterocycles. The molecular weight excluding hydrogens is 138 g/mol. The van der Waals surface area contributed by atoms with Crippen LogP contribution in [0.15, 0.2) is 4.99 Å². The maximum Gasteiger partial charge on any atom is 0.0394 e.